The van der Waals surface area contributed by atoms with Crippen LogP contribution in [0.2, 0.25) is 0 Å². The zero-order chi connectivity index (χ0) is 12.2. The largest absolute Gasteiger partial charge is 0.418 e. The maximum absolute atomic E-state index is 12.5. The molecular formula is C11H11F3N2. The number of rotatable bonds is 1. The van der Waals surface area contributed by atoms with Gasteiger partial charge in [-0.15, -0.1) is 0 Å². The van der Waals surface area contributed by atoms with E-state index in [1.807, 2.05) is 0 Å². The van der Waals surface area contributed by atoms with Gasteiger partial charge in [-0.25, -0.2) is 0 Å². The van der Waals surface area contributed by atoms with Crippen molar-refractivity contribution in [3.05, 3.63) is 29.3 Å². The molecule has 0 unspecified atom stereocenters. The number of nitrogen functional groups attached to an aromatic ring is 1. The molecule has 1 aromatic rings. The van der Waals surface area contributed by atoms with Crippen LogP contribution in [0.3, 0.4) is 0 Å². The van der Waals surface area contributed by atoms with E-state index in [4.69, 9.17) is 11.5 Å². The lowest BCUT2D eigenvalue weighted by atomic mass is 10.1. The highest BCUT2D eigenvalue weighted by atomic mass is 19.4. The van der Waals surface area contributed by atoms with Crippen LogP contribution in [0.25, 0.3) is 0 Å². The summed E-state index contributed by atoms with van der Waals surface area (Å²) in [4.78, 5) is 0. The van der Waals surface area contributed by atoms with Crippen molar-refractivity contribution in [2.45, 2.75) is 12.6 Å². The van der Waals surface area contributed by atoms with Gasteiger partial charge in [-0.05, 0) is 18.2 Å². The van der Waals surface area contributed by atoms with Crippen molar-refractivity contribution in [1.29, 1.82) is 0 Å². The van der Waals surface area contributed by atoms with Crippen molar-refractivity contribution in [3.8, 4) is 11.8 Å². The van der Waals surface area contributed by atoms with E-state index in [1.54, 1.807) is 0 Å². The van der Waals surface area contributed by atoms with Crippen LogP contribution in [-0.2, 0) is 6.18 Å². The minimum absolute atomic E-state index is 0.287. The second-order valence-corrected chi connectivity index (χ2v) is 3.14. The lowest BCUT2D eigenvalue weighted by Gasteiger charge is -2.09. The maximum Gasteiger partial charge on any atom is 0.418 e. The molecule has 2 nitrogen and oxygen atoms in total. The summed E-state index contributed by atoms with van der Waals surface area (Å²) in [6.45, 7) is 0.383. The Morgan fingerprint density at radius 3 is 2.50 bits per heavy atom. The van der Waals surface area contributed by atoms with Gasteiger partial charge in [0.1, 0.15) is 0 Å². The molecule has 0 aliphatic heterocycles. The molecule has 0 aliphatic rings. The number of nitrogens with two attached hydrogens (primary N) is 2. The van der Waals surface area contributed by atoms with Crippen LogP contribution in [-0.4, -0.2) is 6.54 Å². The molecule has 16 heavy (non-hydrogen) atoms. The number of alkyl halides is 3. The fourth-order valence-corrected chi connectivity index (χ4v) is 1.12. The molecule has 0 atom stereocenters. The fraction of sp³-hybridized carbons (Fsp3) is 0.273. The number of hydrogen-bond acceptors (Lipinski definition) is 2. The summed E-state index contributed by atoms with van der Waals surface area (Å²) < 4.78 is 37.4. The first kappa shape index (κ1) is 12.4. The molecule has 0 bridgehead atoms. The first-order valence-electron chi connectivity index (χ1n) is 4.61. The minimum Gasteiger partial charge on any atom is -0.398 e. The van der Waals surface area contributed by atoms with Gasteiger partial charge in [-0.2, -0.15) is 13.2 Å². The van der Waals surface area contributed by atoms with Crippen LogP contribution in [0.4, 0.5) is 18.9 Å². The Labute approximate surface area is 91.4 Å². The molecule has 1 rings (SSSR count). The van der Waals surface area contributed by atoms with E-state index in [-0.39, 0.29) is 11.3 Å². The third kappa shape index (κ3) is 3.17. The lowest BCUT2D eigenvalue weighted by molar-refractivity contribution is -0.136. The Kier molecular flexibility index (Phi) is 3.80. The molecular weight excluding hydrogens is 217 g/mol. The Morgan fingerprint density at radius 2 is 1.94 bits per heavy atom. The van der Waals surface area contributed by atoms with E-state index < -0.39 is 11.7 Å². The molecule has 0 radical (unpaired) electrons. The summed E-state index contributed by atoms with van der Waals surface area (Å²) in [5.74, 6) is 5.27. The molecule has 0 heterocycles. The van der Waals surface area contributed by atoms with Crippen LogP contribution in [0.5, 0.6) is 0 Å². The van der Waals surface area contributed by atoms with Crippen molar-refractivity contribution in [2.24, 2.45) is 5.73 Å². The zero-order valence-corrected chi connectivity index (χ0v) is 8.43. The van der Waals surface area contributed by atoms with Crippen molar-refractivity contribution < 1.29 is 13.2 Å². The van der Waals surface area contributed by atoms with Crippen LogP contribution in [0, 0.1) is 11.8 Å². The molecule has 0 aromatic heterocycles. The van der Waals surface area contributed by atoms with Gasteiger partial charge in [-0.3, -0.25) is 0 Å². The standard InChI is InChI=1S/C11H11F3N2/c12-11(13,14)9-7-8(3-1-2-6-15)4-5-10(9)16/h4-5,7H,2,6,15-16H2. The average molecular weight is 228 g/mol. The highest BCUT2D eigenvalue weighted by molar-refractivity contribution is 5.53. The monoisotopic (exact) mass is 228 g/mol. The third-order valence-corrected chi connectivity index (χ3v) is 1.86. The number of benzene rings is 1. The van der Waals surface area contributed by atoms with E-state index in [1.165, 1.54) is 12.1 Å². The maximum atomic E-state index is 12.5. The van der Waals surface area contributed by atoms with Crippen molar-refractivity contribution in [3.63, 3.8) is 0 Å². The molecule has 1 aromatic carbocycles. The summed E-state index contributed by atoms with van der Waals surface area (Å²) in [7, 11) is 0. The van der Waals surface area contributed by atoms with Gasteiger partial charge in [0.15, 0.2) is 0 Å². The molecule has 0 saturated heterocycles. The number of halogens is 3. The summed E-state index contributed by atoms with van der Waals surface area (Å²) in [5.41, 5.74) is 9.59. The molecule has 86 valence electrons. The lowest BCUT2D eigenvalue weighted by Crippen LogP contribution is -2.09. The van der Waals surface area contributed by atoms with Crippen LogP contribution < -0.4 is 11.5 Å². The summed E-state index contributed by atoms with van der Waals surface area (Å²) >= 11 is 0. The molecule has 0 amide bonds. The molecule has 5 heteroatoms. The van der Waals surface area contributed by atoms with E-state index in [9.17, 15) is 13.2 Å². The molecule has 0 fully saturated rings. The zero-order valence-electron chi connectivity index (χ0n) is 8.43. The molecule has 0 saturated carbocycles. The number of hydrogen-bond donors (Lipinski definition) is 2. The van der Waals surface area contributed by atoms with E-state index >= 15 is 0 Å². The highest BCUT2D eigenvalue weighted by Gasteiger charge is 2.32. The topological polar surface area (TPSA) is 52.0 Å². The fourth-order valence-electron chi connectivity index (χ4n) is 1.12. The van der Waals surface area contributed by atoms with Gasteiger partial charge in [-0.1, -0.05) is 11.8 Å². The Hall–Kier alpha value is -1.67. The van der Waals surface area contributed by atoms with Crippen LogP contribution in [0.1, 0.15) is 17.5 Å². The first-order chi connectivity index (χ1) is 7.45. The van der Waals surface area contributed by atoms with Crippen LogP contribution in [0.15, 0.2) is 18.2 Å². The van der Waals surface area contributed by atoms with E-state index in [0.717, 1.165) is 6.07 Å². The van der Waals surface area contributed by atoms with Gasteiger partial charge in [0.25, 0.3) is 0 Å². The van der Waals surface area contributed by atoms with Crippen LogP contribution >= 0.6 is 0 Å². The van der Waals surface area contributed by atoms with Gasteiger partial charge in [0.2, 0.25) is 0 Å². The van der Waals surface area contributed by atoms with Crippen molar-refractivity contribution in [1.82, 2.24) is 0 Å². The summed E-state index contributed by atoms with van der Waals surface area (Å²) in [6, 6.07) is 3.60. The van der Waals surface area contributed by atoms with Gasteiger partial charge < -0.3 is 11.5 Å². The number of anilines is 1. The molecule has 4 N–H and O–H groups in total. The normalized spacial score (nSPS) is 10.8. The summed E-state index contributed by atoms with van der Waals surface area (Å²) in [6.07, 6.45) is -4.00. The van der Waals surface area contributed by atoms with Gasteiger partial charge in [0, 0.05) is 24.2 Å². The Morgan fingerprint density at radius 1 is 1.25 bits per heavy atom. The quantitative estimate of drug-likeness (QED) is 0.570. The Bertz CT molecular complexity index is 427. The first-order valence-corrected chi connectivity index (χ1v) is 4.61. The smallest absolute Gasteiger partial charge is 0.398 e. The molecule has 0 spiro atoms. The highest BCUT2D eigenvalue weighted by Crippen LogP contribution is 2.33. The third-order valence-electron chi connectivity index (χ3n) is 1.86. The van der Waals surface area contributed by atoms with E-state index in [2.05, 4.69) is 11.8 Å². The molecule has 0 aliphatic carbocycles. The van der Waals surface area contributed by atoms with Crippen molar-refractivity contribution >= 4 is 5.69 Å². The van der Waals surface area contributed by atoms with Gasteiger partial charge >= 0.3 is 6.18 Å². The second kappa shape index (κ2) is 4.90. The Balaban J connectivity index is 3.05. The average Bonchev–Trinajstić information content (AvgIpc) is 2.19. The predicted octanol–water partition coefficient (Wildman–Crippen LogP) is 1.99. The predicted molar refractivity (Wildman–Crippen MR) is 56.4 cm³/mol. The second-order valence-electron chi connectivity index (χ2n) is 3.14. The van der Waals surface area contributed by atoms with Gasteiger partial charge in [0.05, 0.1) is 5.56 Å². The van der Waals surface area contributed by atoms with Crippen molar-refractivity contribution in [2.75, 3.05) is 12.3 Å². The minimum atomic E-state index is -4.45. The summed E-state index contributed by atoms with van der Waals surface area (Å²) in [5, 5.41) is 0. The van der Waals surface area contributed by atoms with E-state index in [0.29, 0.717) is 13.0 Å². The SMILES string of the molecule is NCCC#Cc1ccc(N)c(C(F)(F)F)c1.